The molecular weight excluding hydrogens is 196 g/mol. The molecule has 0 aromatic heterocycles. The zero-order valence-corrected chi connectivity index (χ0v) is 9.65. The first-order valence-corrected chi connectivity index (χ1v) is 4.97. The first-order valence-electron chi connectivity index (χ1n) is 4.97. The summed E-state index contributed by atoms with van der Waals surface area (Å²) in [6, 6.07) is 0. The summed E-state index contributed by atoms with van der Waals surface area (Å²) in [6.07, 6.45) is 3.13. The van der Waals surface area contributed by atoms with E-state index >= 15 is 0 Å². The lowest BCUT2D eigenvalue weighted by molar-refractivity contribution is -0.161. The largest absolute Gasteiger partial charge is 0.462 e. The second-order valence-electron chi connectivity index (χ2n) is 4.51. The lowest BCUT2D eigenvalue weighted by Gasteiger charge is -2.18. The van der Waals surface area contributed by atoms with Gasteiger partial charge in [0.2, 0.25) is 0 Å². The second kappa shape index (κ2) is 4.77. The van der Waals surface area contributed by atoms with Crippen LogP contribution < -0.4 is 0 Å². The van der Waals surface area contributed by atoms with Gasteiger partial charge in [-0.2, -0.15) is 0 Å². The van der Waals surface area contributed by atoms with E-state index in [2.05, 4.69) is 0 Å². The molecule has 0 spiro atoms. The van der Waals surface area contributed by atoms with E-state index in [1.54, 1.807) is 13.2 Å². The Bertz CT molecular complexity index is 252. The number of methoxy groups -OCH3 is 1. The quantitative estimate of drug-likeness (QED) is 0.527. The van der Waals surface area contributed by atoms with Gasteiger partial charge in [-0.3, -0.25) is 4.79 Å². The van der Waals surface area contributed by atoms with Crippen molar-refractivity contribution in [1.82, 2.24) is 0 Å². The number of carbonyl (C=O) groups is 1. The minimum atomic E-state index is -0.469. The normalized spacial score (nSPS) is 25.6. The molecule has 0 unspecified atom stereocenters. The van der Waals surface area contributed by atoms with Gasteiger partial charge in [-0.25, -0.2) is 0 Å². The molecule has 0 radical (unpaired) electrons. The van der Waals surface area contributed by atoms with Gasteiger partial charge in [-0.1, -0.05) is 6.08 Å². The number of esters is 1. The maximum Gasteiger partial charge on any atom is 0.311 e. The number of hydrogen-bond donors (Lipinski definition) is 0. The van der Waals surface area contributed by atoms with Gasteiger partial charge < -0.3 is 14.2 Å². The van der Waals surface area contributed by atoms with Crippen molar-refractivity contribution < 1.29 is 19.0 Å². The van der Waals surface area contributed by atoms with Crippen molar-refractivity contribution in [3.05, 3.63) is 12.2 Å². The first kappa shape index (κ1) is 12.2. The first-order chi connectivity index (χ1) is 6.93. The van der Waals surface area contributed by atoms with E-state index in [0.717, 1.165) is 0 Å². The van der Waals surface area contributed by atoms with Crippen LogP contribution in [-0.2, 0) is 19.0 Å². The molecule has 0 aliphatic carbocycles. The Morgan fingerprint density at radius 2 is 2.07 bits per heavy atom. The molecular formula is C11H18O4. The van der Waals surface area contributed by atoms with Crippen molar-refractivity contribution in [2.45, 2.75) is 33.2 Å². The minimum absolute atomic E-state index is 0.193. The Balaban J connectivity index is 2.28. The zero-order chi connectivity index (χ0) is 11.5. The summed E-state index contributed by atoms with van der Waals surface area (Å²) >= 11 is 0. The van der Waals surface area contributed by atoms with Gasteiger partial charge in [0, 0.05) is 7.11 Å². The number of hydrogen-bond acceptors (Lipinski definition) is 4. The van der Waals surface area contributed by atoms with Crippen LogP contribution in [0.2, 0.25) is 0 Å². The smallest absolute Gasteiger partial charge is 0.311 e. The van der Waals surface area contributed by atoms with Crippen LogP contribution in [0.25, 0.3) is 0 Å². The van der Waals surface area contributed by atoms with Crippen LogP contribution in [0.5, 0.6) is 0 Å². The second-order valence-corrected chi connectivity index (χ2v) is 4.51. The molecule has 0 bridgehead atoms. The maximum atomic E-state index is 11.4. The van der Waals surface area contributed by atoms with E-state index in [0.29, 0.717) is 0 Å². The Hall–Kier alpha value is -0.870. The van der Waals surface area contributed by atoms with Crippen molar-refractivity contribution in [3.8, 4) is 0 Å². The Morgan fingerprint density at radius 3 is 2.53 bits per heavy atom. The van der Waals surface area contributed by atoms with Crippen LogP contribution in [0.4, 0.5) is 0 Å². The molecule has 4 nitrogen and oxygen atoms in total. The van der Waals surface area contributed by atoms with Crippen LogP contribution in [0, 0.1) is 5.41 Å². The van der Waals surface area contributed by atoms with E-state index in [9.17, 15) is 4.79 Å². The third-order valence-corrected chi connectivity index (χ3v) is 2.02. The molecule has 1 aliphatic heterocycles. The van der Waals surface area contributed by atoms with Gasteiger partial charge >= 0.3 is 5.97 Å². The van der Waals surface area contributed by atoms with Gasteiger partial charge in [0.25, 0.3) is 0 Å². The third-order valence-electron chi connectivity index (χ3n) is 2.02. The fourth-order valence-corrected chi connectivity index (χ4v) is 1.08. The maximum absolute atomic E-state index is 11.4. The van der Waals surface area contributed by atoms with Crippen LogP contribution >= 0.6 is 0 Å². The van der Waals surface area contributed by atoms with Gasteiger partial charge in [-0.15, -0.1) is 0 Å². The summed E-state index contributed by atoms with van der Waals surface area (Å²) in [6.45, 7) is 5.70. The lowest BCUT2D eigenvalue weighted by atomic mass is 9.97. The van der Waals surface area contributed by atoms with E-state index in [4.69, 9.17) is 14.2 Å². The van der Waals surface area contributed by atoms with Crippen LogP contribution in [0.1, 0.15) is 20.8 Å². The summed E-state index contributed by atoms with van der Waals surface area (Å²) < 4.78 is 15.4. The van der Waals surface area contributed by atoms with Crippen LogP contribution in [0.15, 0.2) is 12.2 Å². The highest BCUT2D eigenvalue weighted by Crippen LogP contribution is 2.17. The summed E-state index contributed by atoms with van der Waals surface area (Å²) in [5, 5.41) is 0. The van der Waals surface area contributed by atoms with Crippen molar-refractivity contribution in [2.75, 3.05) is 13.7 Å². The van der Waals surface area contributed by atoms with E-state index in [-0.39, 0.29) is 25.0 Å². The molecule has 1 aliphatic rings. The molecule has 0 saturated heterocycles. The summed E-state index contributed by atoms with van der Waals surface area (Å²) in [5.74, 6) is -0.222. The molecule has 0 saturated carbocycles. The topological polar surface area (TPSA) is 44.8 Å². The molecule has 2 atom stereocenters. The molecule has 4 heteroatoms. The predicted molar refractivity (Wildman–Crippen MR) is 55.2 cm³/mol. The molecule has 15 heavy (non-hydrogen) atoms. The van der Waals surface area contributed by atoms with Crippen LogP contribution in [-0.4, -0.2) is 32.1 Å². The zero-order valence-electron chi connectivity index (χ0n) is 9.65. The van der Waals surface area contributed by atoms with Gasteiger partial charge in [0.15, 0.2) is 6.29 Å². The van der Waals surface area contributed by atoms with Gasteiger partial charge in [0.05, 0.1) is 5.41 Å². The summed E-state index contributed by atoms with van der Waals surface area (Å²) in [5.41, 5.74) is -0.469. The minimum Gasteiger partial charge on any atom is -0.462 e. The average Bonchev–Trinajstić information content (AvgIpc) is 2.60. The van der Waals surface area contributed by atoms with Gasteiger partial charge in [0.1, 0.15) is 12.7 Å². The Morgan fingerprint density at radius 1 is 1.40 bits per heavy atom. The molecule has 0 amide bonds. The number of ether oxygens (including phenoxy) is 3. The average molecular weight is 214 g/mol. The van der Waals surface area contributed by atoms with Gasteiger partial charge in [-0.05, 0) is 26.8 Å². The summed E-state index contributed by atoms with van der Waals surface area (Å²) in [4.78, 5) is 11.4. The molecule has 86 valence electrons. The molecule has 0 aromatic rings. The van der Waals surface area contributed by atoms with E-state index in [1.165, 1.54) is 0 Å². The SMILES string of the molecule is CO[C@H]1C=C[C@H](COC(=O)C(C)(C)C)O1. The van der Waals surface area contributed by atoms with Crippen molar-refractivity contribution in [2.24, 2.45) is 5.41 Å². The fourth-order valence-electron chi connectivity index (χ4n) is 1.08. The fraction of sp³-hybridized carbons (Fsp3) is 0.727. The monoisotopic (exact) mass is 214 g/mol. The molecule has 1 heterocycles. The highest BCUT2D eigenvalue weighted by atomic mass is 16.7. The van der Waals surface area contributed by atoms with E-state index < -0.39 is 5.41 Å². The molecule has 0 fully saturated rings. The van der Waals surface area contributed by atoms with Crippen molar-refractivity contribution in [3.63, 3.8) is 0 Å². The summed E-state index contributed by atoms with van der Waals surface area (Å²) in [7, 11) is 1.57. The number of rotatable bonds is 3. The highest BCUT2D eigenvalue weighted by Gasteiger charge is 2.25. The predicted octanol–water partition coefficient (Wildman–Crippen LogP) is 1.50. The molecule has 0 N–H and O–H groups in total. The van der Waals surface area contributed by atoms with Crippen molar-refractivity contribution >= 4 is 5.97 Å². The van der Waals surface area contributed by atoms with E-state index in [1.807, 2.05) is 26.8 Å². The third kappa shape index (κ3) is 3.64. The van der Waals surface area contributed by atoms with Crippen LogP contribution in [0.3, 0.4) is 0 Å². The Labute approximate surface area is 90.2 Å². The molecule has 1 rings (SSSR count). The Kier molecular flexibility index (Phi) is 3.88. The molecule has 0 aromatic carbocycles. The standard InChI is InChI=1S/C11H18O4/c1-11(2,3)10(12)14-7-8-5-6-9(13-4)15-8/h5-6,8-9H,7H2,1-4H3/t8-,9-/m1/s1. The lowest BCUT2D eigenvalue weighted by Crippen LogP contribution is -2.27. The number of carbonyl (C=O) groups excluding carboxylic acids is 1. The van der Waals surface area contributed by atoms with Crippen molar-refractivity contribution in [1.29, 1.82) is 0 Å². The highest BCUT2D eigenvalue weighted by molar-refractivity contribution is 5.75.